The van der Waals surface area contributed by atoms with E-state index in [1.807, 2.05) is 0 Å². The summed E-state index contributed by atoms with van der Waals surface area (Å²) < 4.78 is 50.9. The number of aromatic nitrogens is 2. The van der Waals surface area contributed by atoms with Crippen LogP contribution in [0.1, 0.15) is 19.0 Å². The molecular weight excluding hydrogens is 396 g/mol. The fourth-order valence-electron chi connectivity index (χ4n) is 2.51. The molecule has 0 aromatic carbocycles. The van der Waals surface area contributed by atoms with Crippen LogP contribution in [-0.4, -0.2) is 40.1 Å². The second-order valence-electron chi connectivity index (χ2n) is 6.55. The number of sulfone groups is 1. The highest BCUT2D eigenvalue weighted by Gasteiger charge is 2.43. The Morgan fingerprint density at radius 3 is 2.50 bits per heavy atom. The van der Waals surface area contributed by atoms with Crippen molar-refractivity contribution in [2.24, 2.45) is 0 Å². The number of halogens is 2. The van der Waals surface area contributed by atoms with E-state index in [4.69, 9.17) is 5.21 Å². The van der Waals surface area contributed by atoms with Crippen LogP contribution in [0.2, 0.25) is 0 Å². The summed E-state index contributed by atoms with van der Waals surface area (Å²) in [6.45, 7) is 2.21. The summed E-state index contributed by atoms with van der Waals surface area (Å²) in [7, 11) is -3.96. The zero-order chi connectivity index (χ0) is 21.3. The van der Waals surface area contributed by atoms with E-state index in [1.54, 1.807) is 0 Å². The maximum Gasteiger partial charge on any atom is 0.264 e. The number of pyridine rings is 2. The lowest BCUT2D eigenvalue weighted by Gasteiger charge is -2.25. The minimum Gasteiger partial charge on any atom is -0.312 e. The van der Waals surface area contributed by atoms with Crippen molar-refractivity contribution in [1.82, 2.24) is 15.0 Å². The molecule has 152 valence electrons. The molecule has 1 unspecified atom stereocenters. The van der Waals surface area contributed by atoms with Gasteiger partial charge in [0.1, 0.15) is 11.6 Å². The predicted molar refractivity (Wildman–Crippen MR) is 96.4 cm³/mol. The summed E-state index contributed by atoms with van der Waals surface area (Å²) in [4.78, 5) is 27.9. The van der Waals surface area contributed by atoms with Gasteiger partial charge in [0, 0.05) is 42.4 Å². The van der Waals surface area contributed by atoms with Crippen molar-refractivity contribution >= 4 is 15.7 Å². The van der Waals surface area contributed by atoms with E-state index in [-0.39, 0.29) is 23.4 Å². The van der Waals surface area contributed by atoms with Gasteiger partial charge >= 0.3 is 0 Å². The summed E-state index contributed by atoms with van der Waals surface area (Å²) in [5, 5.41) is 8.80. The van der Waals surface area contributed by atoms with Gasteiger partial charge in [-0.3, -0.25) is 19.8 Å². The number of rotatable bonds is 6. The number of hydrogen-bond acceptors (Lipinski definition) is 6. The summed E-state index contributed by atoms with van der Waals surface area (Å²) in [5.74, 6) is -2.67. The van der Waals surface area contributed by atoms with Crippen molar-refractivity contribution in [3.63, 3.8) is 0 Å². The van der Waals surface area contributed by atoms with Gasteiger partial charge in [-0.1, -0.05) is 0 Å². The molecule has 11 heteroatoms. The quantitative estimate of drug-likeness (QED) is 0.541. The summed E-state index contributed by atoms with van der Waals surface area (Å²) in [6, 6.07) is 1.99. The van der Waals surface area contributed by atoms with Gasteiger partial charge in [0.25, 0.3) is 11.5 Å². The molecule has 2 heterocycles. The van der Waals surface area contributed by atoms with E-state index in [0.717, 1.165) is 36.1 Å². The Labute approximate surface area is 159 Å². The van der Waals surface area contributed by atoms with Gasteiger partial charge in [-0.2, -0.15) is 0 Å². The van der Waals surface area contributed by atoms with Crippen LogP contribution in [0.5, 0.6) is 0 Å². The molecule has 0 aliphatic carbocycles. The van der Waals surface area contributed by atoms with Crippen LogP contribution in [0.4, 0.5) is 8.78 Å². The first-order valence-electron chi connectivity index (χ1n) is 8.07. The Balaban J connectivity index is 2.38. The fraction of sp³-hybridized carbons (Fsp3) is 0.353. The van der Waals surface area contributed by atoms with E-state index in [1.165, 1.54) is 18.6 Å². The molecule has 28 heavy (non-hydrogen) atoms. The topological polar surface area (TPSA) is 118 Å². The van der Waals surface area contributed by atoms with Crippen LogP contribution >= 0.6 is 0 Å². The Bertz CT molecular complexity index is 1080. The average molecular weight is 415 g/mol. The molecule has 0 saturated heterocycles. The lowest BCUT2D eigenvalue weighted by atomic mass is 10.1. The molecule has 0 aliphatic heterocycles. The van der Waals surface area contributed by atoms with Crippen LogP contribution in [0.3, 0.4) is 0 Å². The molecule has 2 aromatic rings. The van der Waals surface area contributed by atoms with Gasteiger partial charge in [0.05, 0.1) is 5.69 Å². The molecule has 8 nitrogen and oxygen atoms in total. The second-order valence-corrected chi connectivity index (χ2v) is 9.00. The normalized spacial score (nSPS) is 13.8. The molecule has 0 saturated carbocycles. The fourth-order valence-corrected chi connectivity index (χ4v) is 3.36. The Morgan fingerprint density at radius 2 is 1.96 bits per heavy atom. The monoisotopic (exact) mass is 415 g/mol. The first-order chi connectivity index (χ1) is 12.9. The zero-order valence-electron chi connectivity index (χ0n) is 15.4. The lowest BCUT2D eigenvalue weighted by Crippen LogP contribution is -2.50. The molecule has 0 bridgehead atoms. The largest absolute Gasteiger partial charge is 0.312 e. The standard InChI is InChI=1S/C17H19F2N3O5S/c1-10-13(18)6-11(8-20-10)12-7-15(23)22(9-14(12)19)5-4-17(2,16(24)21-25)28(3,26)27/h6-9,25H,4-5H2,1-3H3,(H,21,24). The van der Waals surface area contributed by atoms with Gasteiger partial charge in [-0.05, 0) is 26.3 Å². The van der Waals surface area contributed by atoms with Gasteiger partial charge in [-0.15, -0.1) is 0 Å². The average Bonchev–Trinajstić information content (AvgIpc) is 2.62. The van der Waals surface area contributed by atoms with Crippen LogP contribution < -0.4 is 11.0 Å². The first kappa shape index (κ1) is 21.6. The Kier molecular flexibility index (Phi) is 6.00. The van der Waals surface area contributed by atoms with Gasteiger partial charge in [0.15, 0.2) is 14.6 Å². The van der Waals surface area contributed by atoms with Crippen molar-refractivity contribution in [1.29, 1.82) is 0 Å². The third-order valence-corrected chi connectivity index (χ3v) is 6.67. The highest BCUT2D eigenvalue weighted by Crippen LogP contribution is 2.24. The number of hydroxylamine groups is 1. The van der Waals surface area contributed by atoms with Crippen LogP contribution in [0.25, 0.3) is 11.1 Å². The number of amides is 1. The van der Waals surface area contributed by atoms with Crippen molar-refractivity contribution in [2.45, 2.75) is 31.6 Å². The summed E-state index contributed by atoms with van der Waals surface area (Å²) >= 11 is 0. The summed E-state index contributed by atoms with van der Waals surface area (Å²) in [5.41, 5.74) is 0.649. The van der Waals surface area contributed by atoms with Crippen molar-refractivity contribution in [2.75, 3.05) is 6.26 Å². The highest BCUT2D eigenvalue weighted by molar-refractivity contribution is 7.92. The maximum absolute atomic E-state index is 14.5. The maximum atomic E-state index is 14.5. The summed E-state index contributed by atoms with van der Waals surface area (Å²) in [6.07, 6.45) is 2.49. The highest BCUT2D eigenvalue weighted by atomic mass is 32.2. The van der Waals surface area contributed by atoms with Gasteiger partial charge in [0.2, 0.25) is 0 Å². The molecule has 2 N–H and O–H groups in total. The zero-order valence-corrected chi connectivity index (χ0v) is 16.2. The number of hydrogen-bond donors (Lipinski definition) is 2. The smallest absolute Gasteiger partial charge is 0.264 e. The first-order valence-corrected chi connectivity index (χ1v) is 9.96. The van der Waals surface area contributed by atoms with Crippen molar-refractivity contribution < 1.29 is 27.2 Å². The van der Waals surface area contributed by atoms with E-state index >= 15 is 0 Å². The molecule has 0 fully saturated rings. The van der Waals surface area contributed by atoms with Crippen molar-refractivity contribution in [3.05, 3.63) is 52.2 Å². The molecule has 2 rings (SSSR count). The lowest BCUT2D eigenvalue weighted by molar-refractivity contribution is -0.131. The number of nitrogens with one attached hydrogen (secondary N) is 1. The van der Waals surface area contributed by atoms with Crippen LogP contribution in [0, 0.1) is 18.6 Å². The molecular formula is C17H19F2N3O5S. The molecule has 0 radical (unpaired) electrons. The number of carbonyl (C=O) groups is 1. The van der Waals surface area contributed by atoms with Crippen LogP contribution in [0.15, 0.2) is 29.3 Å². The minimum atomic E-state index is -3.96. The molecule has 0 spiro atoms. The predicted octanol–water partition coefficient (Wildman–Crippen LogP) is 1.20. The van der Waals surface area contributed by atoms with Crippen LogP contribution in [-0.2, 0) is 21.2 Å². The van der Waals surface area contributed by atoms with Crippen molar-refractivity contribution in [3.8, 4) is 11.1 Å². The molecule has 2 aromatic heterocycles. The Morgan fingerprint density at radius 1 is 1.32 bits per heavy atom. The minimum absolute atomic E-state index is 0.0745. The second kappa shape index (κ2) is 7.76. The van der Waals surface area contributed by atoms with E-state index in [0.29, 0.717) is 0 Å². The number of nitrogens with zero attached hydrogens (tertiary/aromatic N) is 2. The van der Waals surface area contributed by atoms with Gasteiger partial charge in [-0.25, -0.2) is 22.7 Å². The third kappa shape index (κ3) is 4.09. The molecule has 0 aliphatic rings. The Hall–Kier alpha value is -2.66. The number of aryl methyl sites for hydroxylation is 2. The SMILES string of the molecule is Cc1ncc(-c2cc(=O)n(CCC(C)(C(=O)NO)S(C)(=O)=O)cc2F)cc1F. The molecule has 1 amide bonds. The van der Waals surface area contributed by atoms with E-state index in [2.05, 4.69) is 4.98 Å². The van der Waals surface area contributed by atoms with Gasteiger partial charge < -0.3 is 4.57 Å². The van der Waals surface area contributed by atoms with E-state index in [9.17, 15) is 26.8 Å². The molecule has 1 atom stereocenters. The number of carbonyl (C=O) groups excluding carboxylic acids is 1. The third-order valence-electron chi connectivity index (χ3n) is 4.64. The van der Waals surface area contributed by atoms with E-state index < -0.39 is 44.1 Å².